The molecule has 0 spiro atoms. The topological polar surface area (TPSA) is 99.4 Å². The molecule has 162 valence electrons. The van der Waals surface area contributed by atoms with Gasteiger partial charge in [-0.2, -0.15) is 0 Å². The highest BCUT2D eigenvalue weighted by Crippen LogP contribution is 2.36. The summed E-state index contributed by atoms with van der Waals surface area (Å²) in [4.78, 5) is 21.2. The van der Waals surface area contributed by atoms with Gasteiger partial charge < -0.3 is 15.2 Å². The second-order valence-corrected chi connectivity index (χ2v) is 7.23. The fourth-order valence-corrected chi connectivity index (χ4v) is 3.66. The summed E-state index contributed by atoms with van der Waals surface area (Å²) >= 11 is 0. The number of amides is 1. The average Bonchev–Trinajstić information content (AvgIpc) is 2.82. The summed E-state index contributed by atoms with van der Waals surface area (Å²) in [5.41, 5.74) is 7.68. The normalized spacial score (nSPS) is 12.7. The van der Waals surface area contributed by atoms with Crippen molar-refractivity contribution in [3.05, 3.63) is 83.9 Å². The molecule has 3 aromatic rings. The lowest BCUT2D eigenvalue weighted by molar-refractivity contribution is -0.125. The zero-order chi connectivity index (χ0) is 22.1. The fraction of sp³-hybridized carbons (Fsp3) is 0.292. The summed E-state index contributed by atoms with van der Waals surface area (Å²) in [6.45, 7) is 0.533. The molecule has 0 aliphatic carbocycles. The molecule has 0 aliphatic heterocycles. The van der Waals surface area contributed by atoms with E-state index < -0.39 is 11.4 Å². The van der Waals surface area contributed by atoms with Gasteiger partial charge in [0.05, 0.1) is 14.2 Å². The van der Waals surface area contributed by atoms with Gasteiger partial charge in [-0.1, -0.05) is 6.07 Å². The van der Waals surface area contributed by atoms with E-state index in [1.165, 1.54) is 0 Å². The van der Waals surface area contributed by atoms with Crippen LogP contribution in [0.3, 0.4) is 0 Å². The average molecular weight is 421 g/mol. The number of aryl methyl sites for hydroxylation is 1. The Balaban J connectivity index is 1.96. The maximum absolute atomic E-state index is 13.0. The summed E-state index contributed by atoms with van der Waals surface area (Å²) in [5, 5.41) is 3.44. The van der Waals surface area contributed by atoms with Crippen molar-refractivity contribution in [3.63, 3.8) is 0 Å². The molecule has 3 N–H and O–H groups in total. The van der Waals surface area contributed by atoms with Crippen LogP contribution in [0.5, 0.6) is 11.5 Å². The third-order valence-corrected chi connectivity index (χ3v) is 5.39. The Morgan fingerprint density at radius 1 is 1.00 bits per heavy atom. The van der Waals surface area contributed by atoms with Crippen LogP contribution in [0.25, 0.3) is 0 Å². The van der Waals surface area contributed by atoms with Gasteiger partial charge >= 0.3 is 0 Å². The maximum atomic E-state index is 13.0. The molecule has 1 aromatic carbocycles. The van der Waals surface area contributed by atoms with E-state index in [0.717, 1.165) is 11.1 Å². The maximum Gasteiger partial charge on any atom is 0.242 e. The summed E-state index contributed by atoms with van der Waals surface area (Å²) in [6, 6.07) is 13.2. The molecule has 2 aromatic heterocycles. The number of hydrogen-bond acceptors (Lipinski definition) is 6. The van der Waals surface area contributed by atoms with Gasteiger partial charge in [-0.3, -0.25) is 20.1 Å². The molecular weight excluding hydrogens is 392 g/mol. The lowest BCUT2D eigenvalue weighted by Crippen LogP contribution is -2.53. The van der Waals surface area contributed by atoms with Crippen molar-refractivity contribution in [2.24, 2.45) is 5.73 Å². The van der Waals surface area contributed by atoms with Gasteiger partial charge in [-0.05, 0) is 66.8 Å². The number of carbonyl (C=O) groups excluding carboxylic acids is 1. The Bertz CT molecular complexity index is 983. The minimum Gasteiger partial charge on any atom is -0.497 e. The molecule has 1 unspecified atom stereocenters. The van der Waals surface area contributed by atoms with Crippen LogP contribution in [-0.2, 0) is 23.2 Å². The number of aromatic nitrogens is 2. The number of rotatable bonds is 11. The molecule has 1 amide bonds. The monoisotopic (exact) mass is 420 g/mol. The molecule has 31 heavy (non-hydrogen) atoms. The molecule has 2 heterocycles. The Morgan fingerprint density at radius 3 is 2.45 bits per heavy atom. The first-order valence-electron chi connectivity index (χ1n) is 10.1. The van der Waals surface area contributed by atoms with Crippen LogP contribution in [0.1, 0.15) is 23.1 Å². The zero-order valence-electron chi connectivity index (χ0n) is 17.9. The van der Waals surface area contributed by atoms with Crippen LogP contribution in [0, 0.1) is 0 Å². The van der Waals surface area contributed by atoms with Crippen LogP contribution in [0.15, 0.2) is 67.3 Å². The van der Waals surface area contributed by atoms with Crippen LogP contribution >= 0.6 is 0 Å². The molecule has 0 radical (unpaired) electrons. The first kappa shape index (κ1) is 22.2. The number of ether oxygens (including phenoxy) is 2. The number of methoxy groups -OCH3 is 2. The Kier molecular flexibility index (Phi) is 7.56. The number of primary amides is 1. The van der Waals surface area contributed by atoms with Crippen molar-refractivity contribution in [1.82, 2.24) is 15.3 Å². The number of nitrogens with two attached hydrogens (primary N) is 1. The van der Waals surface area contributed by atoms with E-state index in [1.54, 1.807) is 44.9 Å². The molecule has 3 rings (SSSR count). The highest BCUT2D eigenvalue weighted by molar-refractivity contribution is 5.87. The van der Waals surface area contributed by atoms with Gasteiger partial charge in [0.25, 0.3) is 0 Å². The highest BCUT2D eigenvalue weighted by Gasteiger charge is 2.40. The standard InChI is InChI=1S/C24H28N4O3/c1-30-20-5-6-22(31-2)21(16-20)24(23(25)29,11-7-18-8-13-26-14-9-18)28-15-10-19-4-3-12-27-17-19/h3-6,8-9,12-14,16-17,28H,7,10-11,15H2,1-2H3,(H2,25,29). The van der Waals surface area contributed by atoms with Gasteiger partial charge in [-0.25, -0.2) is 0 Å². The minimum atomic E-state index is -1.15. The summed E-state index contributed by atoms with van der Waals surface area (Å²) < 4.78 is 11.0. The predicted molar refractivity (Wildman–Crippen MR) is 119 cm³/mol. The van der Waals surface area contributed by atoms with E-state index in [1.807, 2.05) is 36.5 Å². The van der Waals surface area contributed by atoms with Gasteiger partial charge in [0.15, 0.2) is 0 Å². The molecule has 7 nitrogen and oxygen atoms in total. The second kappa shape index (κ2) is 10.5. The van der Waals surface area contributed by atoms with Gasteiger partial charge in [-0.15, -0.1) is 0 Å². The third kappa shape index (κ3) is 5.38. The smallest absolute Gasteiger partial charge is 0.242 e. The fourth-order valence-electron chi connectivity index (χ4n) is 3.66. The SMILES string of the molecule is COc1ccc(OC)c(C(CCc2ccncc2)(NCCc2cccnc2)C(N)=O)c1. The van der Waals surface area contributed by atoms with Crippen molar-refractivity contribution in [2.75, 3.05) is 20.8 Å². The van der Waals surface area contributed by atoms with Crippen LogP contribution in [0.4, 0.5) is 0 Å². The Labute approximate surface area is 182 Å². The zero-order valence-corrected chi connectivity index (χ0v) is 17.9. The van der Waals surface area contributed by atoms with E-state index in [2.05, 4.69) is 15.3 Å². The van der Waals surface area contributed by atoms with E-state index in [0.29, 0.717) is 42.9 Å². The number of hydrogen-bond donors (Lipinski definition) is 2. The Morgan fingerprint density at radius 2 is 1.81 bits per heavy atom. The van der Waals surface area contributed by atoms with E-state index in [-0.39, 0.29) is 0 Å². The molecule has 0 fully saturated rings. The van der Waals surface area contributed by atoms with Crippen LogP contribution in [-0.4, -0.2) is 36.6 Å². The molecular formula is C24H28N4O3. The van der Waals surface area contributed by atoms with E-state index in [9.17, 15) is 4.79 Å². The minimum absolute atomic E-state index is 0.447. The number of nitrogens with zero attached hydrogens (tertiary/aromatic N) is 2. The number of pyridine rings is 2. The Hall–Kier alpha value is -3.45. The largest absolute Gasteiger partial charge is 0.497 e. The molecule has 0 bridgehead atoms. The summed E-state index contributed by atoms with van der Waals surface area (Å²) in [5.74, 6) is 0.724. The van der Waals surface area contributed by atoms with Crippen molar-refractivity contribution >= 4 is 5.91 Å². The van der Waals surface area contributed by atoms with Crippen LogP contribution < -0.4 is 20.5 Å². The van der Waals surface area contributed by atoms with E-state index in [4.69, 9.17) is 15.2 Å². The van der Waals surface area contributed by atoms with Gasteiger partial charge in [0.1, 0.15) is 17.0 Å². The third-order valence-electron chi connectivity index (χ3n) is 5.39. The van der Waals surface area contributed by atoms with Crippen molar-refractivity contribution in [3.8, 4) is 11.5 Å². The summed E-state index contributed by atoms with van der Waals surface area (Å²) in [6.07, 6.45) is 8.81. The molecule has 0 aliphatic rings. The predicted octanol–water partition coefficient (Wildman–Crippen LogP) is 2.64. The molecule has 7 heteroatoms. The van der Waals surface area contributed by atoms with Crippen molar-refractivity contribution in [1.29, 1.82) is 0 Å². The van der Waals surface area contributed by atoms with Gasteiger partial charge in [0, 0.05) is 36.9 Å². The number of benzene rings is 1. The van der Waals surface area contributed by atoms with Gasteiger partial charge in [0.2, 0.25) is 5.91 Å². The molecule has 1 atom stereocenters. The summed E-state index contributed by atoms with van der Waals surface area (Å²) in [7, 11) is 3.17. The lowest BCUT2D eigenvalue weighted by atomic mass is 9.82. The second-order valence-electron chi connectivity index (χ2n) is 7.23. The number of nitrogens with one attached hydrogen (secondary N) is 1. The van der Waals surface area contributed by atoms with Crippen molar-refractivity contribution < 1.29 is 14.3 Å². The lowest BCUT2D eigenvalue weighted by Gasteiger charge is -2.34. The van der Waals surface area contributed by atoms with E-state index >= 15 is 0 Å². The highest BCUT2D eigenvalue weighted by atomic mass is 16.5. The van der Waals surface area contributed by atoms with Crippen LogP contribution in [0.2, 0.25) is 0 Å². The first-order chi connectivity index (χ1) is 15.1. The quantitative estimate of drug-likeness (QED) is 0.495. The molecule has 0 saturated heterocycles. The van der Waals surface area contributed by atoms with Crippen molar-refractivity contribution in [2.45, 2.75) is 24.8 Å². The molecule has 0 saturated carbocycles. The number of carbonyl (C=O) groups is 1. The first-order valence-corrected chi connectivity index (χ1v) is 10.1.